The Labute approximate surface area is 65.2 Å². The molecule has 0 aromatic carbocycles. The van der Waals surface area contributed by atoms with Crippen molar-refractivity contribution in [2.75, 3.05) is 0 Å². The Bertz CT molecular complexity index is 58.4. The van der Waals surface area contributed by atoms with Crippen molar-refractivity contribution in [2.45, 2.75) is 2.80 Å². The highest BCUT2D eigenvalue weighted by molar-refractivity contribution is 14.1. The summed E-state index contributed by atoms with van der Waals surface area (Å²) in [6.45, 7) is 0. The number of rotatable bonds is 1. The van der Waals surface area contributed by atoms with E-state index in [9.17, 15) is 0 Å². The molecule has 6 radical (unpaired) electrons. The molecule has 0 saturated carbocycles. The fourth-order valence-electron chi connectivity index (χ4n) is 0. The summed E-state index contributed by atoms with van der Waals surface area (Å²) >= 11 is 1.99. The summed E-state index contributed by atoms with van der Waals surface area (Å²) in [5.74, 6) is 0. The van der Waals surface area contributed by atoms with Crippen molar-refractivity contribution in [3.8, 4) is 0 Å². The molecule has 0 nitrogen and oxygen atoms in total. The van der Waals surface area contributed by atoms with Crippen LogP contribution in [0.5, 0.6) is 0 Å². The Morgan fingerprint density at radius 1 is 1.57 bits per heavy atom. The minimum atomic E-state index is -1.01. The van der Waals surface area contributed by atoms with Gasteiger partial charge in [0.25, 0.3) is 0 Å². The Morgan fingerprint density at radius 3 is 1.71 bits per heavy atom. The van der Waals surface area contributed by atoms with Gasteiger partial charge in [-0.15, -0.1) is 9.24 Å². The second kappa shape index (κ2) is 3.08. The number of alkyl halides is 1. The molecule has 6 heteroatoms. The van der Waals surface area contributed by atoms with E-state index in [0.29, 0.717) is 0 Å². The van der Waals surface area contributed by atoms with Crippen molar-refractivity contribution in [2.24, 2.45) is 0 Å². The molecule has 0 rings (SSSR count). The average Bonchev–Trinajstić information content (AvgIpc) is 1.31. The predicted molar refractivity (Wildman–Crippen MR) is 50.6 cm³/mol. The van der Waals surface area contributed by atoms with Crippen LogP contribution in [0.25, 0.3) is 0 Å². The van der Waals surface area contributed by atoms with Gasteiger partial charge in [0.1, 0.15) is 0 Å². The summed E-state index contributed by atoms with van der Waals surface area (Å²) < 4.78 is -0.493. The lowest BCUT2D eigenvalue weighted by atomic mass is 10.2. The summed E-state index contributed by atoms with van der Waals surface area (Å²) in [6.07, 6.45) is 0. The smallest absolute Gasteiger partial charge is 0.0988 e. The fourth-order valence-corrected chi connectivity index (χ4v) is 0. The van der Waals surface area contributed by atoms with Crippen LogP contribution < -0.4 is 0 Å². The molecule has 0 amide bonds. The number of hydrogen-bond acceptors (Lipinski definition) is 0. The standard InChI is InChI=1S/CH2B3IP2/c2-1(5,6)7(3)4/h6H2. The maximum absolute atomic E-state index is 5.41. The molecule has 2 atom stereocenters. The molecule has 0 aromatic heterocycles. The summed E-state index contributed by atoms with van der Waals surface area (Å²) in [5, 5.41) is 0. The molecular weight excluding hydrogens is 233 g/mol. The van der Waals surface area contributed by atoms with Crippen LogP contribution in [0, 0.1) is 0 Å². The quantitative estimate of drug-likeness (QED) is 0.272. The molecule has 0 bridgehead atoms. The first kappa shape index (κ1) is 8.78. The van der Waals surface area contributed by atoms with Crippen LogP contribution in [0.4, 0.5) is 0 Å². The van der Waals surface area contributed by atoms with Crippen molar-refractivity contribution < 1.29 is 0 Å². The highest BCUT2D eigenvalue weighted by Crippen LogP contribution is 2.48. The number of halogens is 1. The van der Waals surface area contributed by atoms with Crippen molar-refractivity contribution >= 4 is 62.5 Å². The maximum atomic E-state index is 5.41. The van der Waals surface area contributed by atoms with Crippen molar-refractivity contribution in [3.05, 3.63) is 0 Å². The molecule has 0 spiro atoms. The molecule has 32 valence electrons. The molecule has 0 saturated heterocycles. The van der Waals surface area contributed by atoms with E-state index in [4.69, 9.17) is 23.0 Å². The first-order valence-electron chi connectivity index (χ1n) is 1.51. The highest BCUT2D eigenvalue weighted by atomic mass is 127. The van der Waals surface area contributed by atoms with Gasteiger partial charge < -0.3 is 0 Å². The zero-order chi connectivity index (χ0) is 6.08. The molecule has 0 aromatic rings. The zero-order valence-corrected chi connectivity index (χ0v) is 7.84. The summed E-state index contributed by atoms with van der Waals surface area (Å²) in [5.41, 5.74) is 0. The van der Waals surface area contributed by atoms with Gasteiger partial charge in [-0.25, -0.2) is 0 Å². The molecule has 0 aliphatic rings. The van der Waals surface area contributed by atoms with Gasteiger partial charge in [-0.1, -0.05) is 22.6 Å². The van der Waals surface area contributed by atoms with E-state index in [1.54, 1.807) is 0 Å². The Morgan fingerprint density at radius 2 is 1.71 bits per heavy atom. The van der Waals surface area contributed by atoms with E-state index in [1.807, 2.05) is 22.6 Å². The van der Waals surface area contributed by atoms with Crippen LogP contribution in [0.1, 0.15) is 0 Å². The third-order valence-corrected chi connectivity index (χ3v) is 3.75. The van der Waals surface area contributed by atoms with E-state index in [2.05, 4.69) is 9.24 Å². The van der Waals surface area contributed by atoms with Crippen molar-refractivity contribution in [3.63, 3.8) is 0 Å². The van der Waals surface area contributed by atoms with Gasteiger partial charge in [0.15, 0.2) is 0 Å². The first-order chi connectivity index (χ1) is 2.94. The topological polar surface area (TPSA) is 0 Å². The molecule has 2 unspecified atom stereocenters. The lowest BCUT2D eigenvalue weighted by Crippen LogP contribution is -2.06. The minimum Gasteiger partial charge on any atom is -0.192 e. The molecule has 7 heavy (non-hydrogen) atoms. The van der Waals surface area contributed by atoms with Gasteiger partial charge in [-0.05, 0) is 2.80 Å². The van der Waals surface area contributed by atoms with E-state index < -0.39 is 10.5 Å². The van der Waals surface area contributed by atoms with Gasteiger partial charge in [-0.2, -0.15) is 7.68 Å². The molecule has 0 heterocycles. The second-order valence-corrected chi connectivity index (χ2v) is 7.90. The number of hydrogen-bond donors (Lipinski definition) is 0. The van der Waals surface area contributed by atoms with Crippen molar-refractivity contribution in [1.29, 1.82) is 0 Å². The monoisotopic (exact) mass is 236 g/mol. The second-order valence-electron chi connectivity index (χ2n) is 1.13. The molecule has 0 N–H and O–H groups in total. The predicted octanol–water partition coefficient (Wildman–Crippen LogP) is 0.725. The maximum Gasteiger partial charge on any atom is 0.0988 e. The van der Waals surface area contributed by atoms with E-state index in [1.165, 1.54) is 0 Å². The van der Waals surface area contributed by atoms with Gasteiger partial charge in [0.05, 0.1) is 23.0 Å². The summed E-state index contributed by atoms with van der Waals surface area (Å²) in [6, 6.07) is 0. The van der Waals surface area contributed by atoms with Gasteiger partial charge in [0, 0.05) is 0 Å². The third kappa shape index (κ3) is 4.30. The Hall–Kier alpha value is 1.78. The van der Waals surface area contributed by atoms with Crippen LogP contribution in [0.15, 0.2) is 0 Å². The lowest BCUT2D eigenvalue weighted by Gasteiger charge is -2.22. The normalized spacial score (nSPS) is 19.3. The van der Waals surface area contributed by atoms with Crippen LogP contribution >= 0.6 is 39.5 Å². The van der Waals surface area contributed by atoms with Crippen LogP contribution in [-0.2, 0) is 0 Å². The molecule has 0 aliphatic carbocycles. The zero-order valence-electron chi connectivity index (χ0n) is 3.63. The fraction of sp³-hybridized carbons (Fsp3) is 1.00. The van der Waals surface area contributed by atoms with E-state index in [0.717, 1.165) is 0 Å². The van der Waals surface area contributed by atoms with E-state index in [-0.39, 0.29) is 0 Å². The molecule has 0 aliphatic heterocycles. The summed E-state index contributed by atoms with van der Waals surface area (Å²) in [7, 11) is 17.3. The third-order valence-electron chi connectivity index (χ3n) is 0.396. The van der Waals surface area contributed by atoms with Gasteiger partial charge in [0.2, 0.25) is 0 Å². The average molecular weight is 235 g/mol. The van der Waals surface area contributed by atoms with Crippen LogP contribution in [0.3, 0.4) is 0 Å². The Kier molecular flexibility index (Phi) is 3.87. The first-order valence-corrected chi connectivity index (χ1v) is 4.64. The highest BCUT2D eigenvalue weighted by Gasteiger charge is 2.13. The van der Waals surface area contributed by atoms with Gasteiger partial charge in [-0.3, -0.25) is 0 Å². The lowest BCUT2D eigenvalue weighted by molar-refractivity contribution is 1.96. The van der Waals surface area contributed by atoms with Crippen molar-refractivity contribution in [1.82, 2.24) is 0 Å². The van der Waals surface area contributed by atoms with Gasteiger partial charge >= 0.3 is 0 Å². The molecular formula is CH2B3IP2. The van der Waals surface area contributed by atoms with Crippen LogP contribution in [0.2, 0.25) is 0 Å². The SMILES string of the molecule is [B]P([B])C([B])(P)I. The summed E-state index contributed by atoms with van der Waals surface area (Å²) in [4.78, 5) is 0. The van der Waals surface area contributed by atoms with E-state index >= 15 is 0 Å². The van der Waals surface area contributed by atoms with Crippen LogP contribution in [-0.4, -0.2) is 25.8 Å². The minimum absolute atomic E-state index is 0.493. The molecule has 0 fully saturated rings. The largest absolute Gasteiger partial charge is 0.192 e. The Balaban J connectivity index is 3.54.